The van der Waals surface area contributed by atoms with Gasteiger partial charge in [-0.05, 0) is 13.8 Å². The molecular formula is C6H8ClNOS. The van der Waals surface area contributed by atoms with E-state index >= 15 is 0 Å². The van der Waals surface area contributed by atoms with Crippen molar-refractivity contribution in [1.82, 2.24) is 4.98 Å². The molecule has 0 amide bonds. The van der Waals surface area contributed by atoms with Crippen molar-refractivity contribution in [3.8, 4) is 5.19 Å². The van der Waals surface area contributed by atoms with Gasteiger partial charge in [0.2, 0.25) is 0 Å². The molecule has 0 aliphatic heterocycles. The van der Waals surface area contributed by atoms with E-state index in [1.165, 1.54) is 11.3 Å². The van der Waals surface area contributed by atoms with E-state index in [2.05, 4.69) is 4.98 Å². The van der Waals surface area contributed by atoms with Crippen LogP contribution in [0, 0.1) is 0 Å². The average molecular weight is 178 g/mol. The fraction of sp³-hybridized carbons (Fsp3) is 0.500. The zero-order valence-electron chi connectivity index (χ0n) is 5.80. The first-order chi connectivity index (χ1) is 4.68. The first-order valence-corrected chi connectivity index (χ1v) is 4.22. The Labute approximate surface area is 68.8 Å². The minimum atomic E-state index is 0.169. The highest BCUT2D eigenvalue weighted by molar-refractivity contribution is 7.11. The number of halogens is 1. The molecule has 0 radical (unpaired) electrons. The van der Waals surface area contributed by atoms with Crippen LogP contribution < -0.4 is 4.74 Å². The summed E-state index contributed by atoms with van der Waals surface area (Å²) in [4.78, 5) is 3.91. The molecule has 0 bridgehead atoms. The van der Waals surface area contributed by atoms with E-state index in [1.54, 1.807) is 5.38 Å². The molecule has 10 heavy (non-hydrogen) atoms. The molecule has 2 nitrogen and oxygen atoms in total. The summed E-state index contributed by atoms with van der Waals surface area (Å²) in [7, 11) is 0. The van der Waals surface area contributed by atoms with E-state index in [0.29, 0.717) is 10.3 Å². The molecule has 0 aromatic carbocycles. The topological polar surface area (TPSA) is 22.1 Å². The Kier molecular flexibility index (Phi) is 2.51. The van der Waals surface area contributed by atoms with Gasteiger partial charge >= 0.3 is 0 Å². The Balaban J connectivity index is 2.58. The van der Waals surface area contributed by atoms with Crippen molar-refractivity contribution >= 4 is 22.9 Å². The second-order valence-electron chi connectivity index (χ2n) is 2.10. The van der Waals surface area contributed by atoms with E-state index in [-0.39, 0.29) is 6.10 Å². The molecular weight excluding hydrogens is 170 g/mol. The average Bonchev–Trinajstić information content (AvgIpc) is 2.13. The molecule has 0 unspecified atom stereocenters. The lowest BCUT2D eigenvalue weighted by atomic mass is 10.5. The third-order valence-corrected chi connectivity index (χ3v) is 1.84. The molecule has 1 rings (SSSR count). The number of hydrogen-bond acceptors (Lipinski definition) is 3. The van der Waals surface area contributed by atoms with Gasteiger partial charge in [-0.15, -0.1) is 0 Å². The molecule has 0 spiro atoms. The second-order valence-corrected chi connectivity index (χ2v) is 3.31. The minimum Gasteiger partial charge on any atom is -0.467 e. The van der Waals surface area contributed by atoms with Crippen molar-refractivity contribution in [3.63, 3.8) is 0 Å². The minimum absolute atomic E-state index is 0.169. The summed E-state index contributed by atoms with van der Waals surface area (Å²) in [5, 5.41) is 2.89. The lowest BCUT2D eigenvalue weighted by molar-refractivity contribution is 0.241. The molecule has 0 atom stereocenters. The summed E-state index contributed by atoms with van der Waals surface area (Å²) in [6.45, 7) is 3.91. The predicted molar refractivity (Wildman–Crippen MR) is 42.9 cm³/mol. The maximum absolute atomic E-state index is 5.56. The van der Waals surface area contributed by atoms with Gasteiger partial charge in [0.05, 0.1) is 6.10 Å². The third kappa shape index (κ3) is 2.15. The van der Waals surface area contributed by atoms with Crippen molar-refractivity contribution in [2.45, 2.75) is 20.0 Å². The van der Waals surface area contributed by atoms with Gasteiger partial charge in [0.25, 0.3) is 5.19 Å². The molecule has 1 aromatic rings. The fourth-order valence-corrected chi connectivity index (χ4v) is 1.41. The molecule has 0 fully saturated rings. The van der Waals surface area contributed by atoms with E-state index in [0.717, 1.165) is 0 Å². The van der Waals surface area contributed by atoms with E-state index in [4.69, 9.17) is 16.3 Å². The highest BCUT2D eigenvalue weighted by Gasteiger charge is 2.01. The van der Waals surface area contributed by atoms with E-state index < -0.39 is 0 Å². The maximum Gasteiger partial charge on any atom is 0.274 e. The van der Waals surface area contributed by atoms with Crippen LogP contribution >= 0.6 is 22.9 Å². The van der Waals surface area contributed by atoms with Gasteiger partial charge in [-0.2, -0.15) is 4.98 Å². The lowest BCUT2D eigenvalue weighted by Crippen LogP contribution is -2.04. The van der Waals surface area contributed by atoms with Crippen molar-refractivity contribution in [1.29, 1.82) is 0 Å². The largest absolute Gasteiger partial charge is 0.467 e. The summed E-state index contributed by atoms with van der Waals surface area (Å²) in [5.74, 6) is 0. The molecule has 0 saturated heterocycles. The summed E-state index contributed by atoms with van der Waals surface area (Å²) in [6, 6.07) is 0. The molecule has 0 aliphatic carbocycles. The predicted octanol–water partition coefficient (Wildman–Crippen LogP) is 2.58. The van der Waals surface area contributed by atoms with Crippen LogP contribution in [0.3, 0.4) is 0 Å². The van der Waals surface area contributed by atoms with Gasteiger partial charge in [0, 0.05) is 5.38 Å². The summed E-state index contributed by atoms with van der Waals surface area (Å²) >= 11 is 6.98. The van der Waals surface area contributed by atoms with Crippen LogP contribution in [0.15, 0.2) is 5.38 Å². The summed E-state index contributed by atoms with van der Waals surface area (Å²) < 4.78 is 5.26. The quantitative estimate of drug-likeness (QED) is 0.693. The first kappa shape index (κ1) is 7.82. The Morgan fingerprint density at radius 1 is 1.70 bits per heavy atom. The van der Waals surface area contributed by atoms with Crippen molar-refractivity contribution in [2.75, 3.05) is 0 Å². The van der Waals surface area contributed by atoms with E-state index in [9.17, 15) is 0 Å². The monoisotopic (exact) mass is 177 g/mol. The van der Waals surface area contributed by atoms with Gasteiger partial charge in [-0.1, -0.05) is 22.9 Å². The first-order valence-electron chi connectivity index (χ1n) is 2.96. The lowest BCUT2D eigenvalue weighted by Gasteiger charge is -2.03. The number of thiazole rings is 1. The van der Waals surface area contributed by atoms with Crippen LogP contribution in [0.1, 0.15) is 13.8 Å². The van der Waals surface area contributed by atoms with E-state index in [1.807, 2.05) is 13.8 Å². The number of rotatable bonds is 2. The Bertz CT molecular complexity index is 211. The number of hydrogen-bond donors (Lipinski definition) is 0. The van der Waals surface area contributed by atoms with Crippen molar-refractivity contribution in [3.05, 3.63) is 10.5 Å². The maximum atomic E-state index is 5.56. The molecule has 56 valence electrons. The SMILES string of the molecule is CC(C)Oc1nc(Cl)cs1. The smallest absolute Gasteiger partial charge is 0.274 e. The Morgan fingerprint density at radius 2 is 2.40 bits per heavy atom. The highest BCUT2D eigenvalue weighted by atomic mass is 35.5. The van der Waals surface area contributed by atoms with Gasteiger partial charge in [0.15, 0.2) is 0 Å². The summed E-state index contributed by atoms with van der Waals surface area (Å²) in [5.41, 5.74) is 0. The standard InChI is InChI=1S/C6H8ClNOS/c1-4(2)9-6-8-5(7)3-10-6/h3-4H,1-2H3. The van der Waals surface area contributed by atoms with Crippen LogP contribution in [0.25, 0.3) is 0 Å². The van der Waals surface area contributed by atoms with Crippen molar-refractivity contribution < 1.29 is 4.74 Å². The normalized spacial score (nSPS) is 10.4. The molecule has 0 aliphatic rings. The van der Waals surface area contributed by atoms with Gasteiger partial charge in [-0.25, -0.2) is 0 Å². The second kappa shape index (κ2) is 3.21. The van der Waals surface area contributed by atoms with Gasteiger partial charge in [0.1, 0.15) is 5.15 Å². The fourth-order valence-electron chi connectivity index (χ4n) is 0.495. The molecule has 0 saturated carbocycles. The molecule has 1 aromatic heterocycles. The Morgan fingerprint density at radius 3 is 2.80 bits per heavy atom. The zero-order chi connectivity index (χ0) is 7.56. The van der Waals surface area contributed by atoms with Crippen LogP contribution in [0.5, 0.6) is 5.19 Å². The molecule has 0 N–H and O–H groups in total. The van der Waals surface area contributed by atoms with Crippen LogP contribution in [0.2, 0.25) is 5.15 Å². The Hall–Kier alpha value is -0.280. The van der Waals surface area contributed by atoms with Crippen LogP contribution in [-0.2, 0) is 0 Å². The van der Waals surface area contributed by atoms with Crippen molar-refractivity contribution in [2.24, 2.45) is 0 Å². The summed E-state index contributed by atoms with van der Waals surface area (Å²) in [6.07, 6.45) is 0.169. The third-order valence-electron chi connectivity index (χ3n) is 0.792. The van der Waals surface area contributed by atoms with Gasteiger partial charge < -0.3 is 4.74 Å². The molecule has 4 heteroatoms. The van der Waals surface area contributed by atoms with Gasteiger partial charge in [-0.3, -0.25) is 0 Å². The highest BCUT2D eigenvalue weighted by Crippen LogP contribution is 2.21. The number of ether oxygens (including phenoxy) is 1. The number of aromatic nitrogens is 1. The zero-order valence-corrected chi connectivity index (χ0v) is 7.37. The number of nitrogens with zero attached hydrogens (tertiary/aromatic N) is 1. The van der Waals surface area contributed by atoms with Crippen LogP contribution in [0.4, 0.5) is 0 Å². The molecule has 1 heterocycles. The van der Waals surface area contributed by atoms with Crippen LogP contribution in [-0.4, -0.2) is 11.1 Å².